The normalized spacial score (nSPS) is 11.4. The van der Waals surface area contributed by atoms with Crippen LogP contribution in [-0.4, -0.2) is 39.7 Å². The molecule has 0 bridgehead atoms. The highest BCUT2D eigenvalue weighted by Gasteiger charge is 2.17. The summed E-state index contributed by atoms with van der Waals surface area (Å²) in [6, 6.07) is 18.5. The summed E-state index contributed by atoms with van der Waals surface area (Å²) in [7, 11) is 1.62. The van der Waals surface area contributed by atoms with Crippen molar-refractivity contribution in [1.29, 1.82) is 0 Å². The minimum absolute atomic E-state index is 0.105. The molecule has 0 fully saturated rings. The quantitative estimate of drug-likeness (QED) is 0.198. The first-order valence-corrected chi connectivity index (χ1v) is 11.5. The Morgan fingerprint density at radius 1 is 1.18 bits per heavy atom. The van der Waals surface area contributed by atoms with E-state index < -0.39 is 0 Å². The Balaban J connectivity index is 1.48. The number of hydrazone groups is 1. The van der Waals surface area contributed by atoms with Crippen molar-refractivity contribution in [1.82, 2.24) is 20.2 Å². The second-order valence-electron chi connectivity index (χ2n) is 6.82. The highest BCUT2D eigenvalue weighted by molar-refractivity contribution is 7.99. The van der Waals surface area contributed by atoms with Crippen molar-refractivity contribution in [2.24, 2.45) is 5.10 Å². The van der Waals surface area contributed by atoms with Crippen LogP contribution in [0.3, 0.4) is 0 Å². The van der Waals surface area contributed by atoms with Gasteiger partial charge >= 0.3 is 0 Å². The third-order valence-electron chi connectivity index (χ3n) is 4.55. The number of hydrogen-bond donors (Lipinski definition) is 1. The van der Waals surface area contributed by atoms with Crippen LogP contribution >= 0.6 is 23.4 Å². The minimum atomic E-state index is -0.274. The SMILES string of the molecule is COc1ccc(-c2nnc(SCC(=O)N/N=C/C=C\c3ccco3)n2-c2ccc(Cl)cc2)cc1. The van der Waals surface area contributed by atoms with Gasteiger partial charge in [-0.25, -0.2) is 5.43 Å². The molecule has 34 heavy (non-hydrogen) atoms. The topological polar surface area (TPSA) is 94.5 Å². The maximum atomic E-state index is 12.3. The molecule has 10 heteroatoms. The third kappa shape index (κ3) is 5.94. The van der Waals surface area contributed by atoms with Crippen LogP contribution in [0.1, 0.15) is 5.76 Å². The number of allylic oxidation sites excluding steroid dienone is 1. The van der Waals surface area contributed by atoms with E-state index in [0.717, 1.165) is 17.0 Å². The molecule has 0 aliphatic heterocycles. The zero-order valence-corrected chi connectivity index (χ0v) is 19.7. The van der Waals surface area contributed by atoms with Crippen molar-refractivity contribution in [2.45, 2.75) is 5.16 Å². The van der Waals surface area contributed by atoms with E-state index in [9.17, 15) is 4.79 Å². The van der Waals surface area contributed by atoms with Crippen LogP contribution in [0.15, 0.2) is 87.7 Å². The number of hydrogen-bond acceptors (Lipinski definition) is 7. The smallest absolute Gasteiger partial charge is 0.250 e. The number of aromatic nitrogens is 3. The fraction of sp³-hybridized carbons (Fsp3) is 0.0833. The van der Waals surface area contributed by atoms with Gasteiger partial charge in [0.2, 0.25) is 0 Å². The number of methoxy groups -OCH3 is 1. The van der Waals surface area contributed by atoms with Gasteiger partial charge < -0.3 is 9.15 Å². The molecule has 4 rings (SSSR count). The van der Waals surface area contributed by atoms with Crippen molar-refractivity contribution < 1.29 is 13.9 Å². The number of furan rings is 1. The number of nitrogens with zero attached hydrogens (tertiary/aromatic N) is 4. The number of rotatable bonds is 9. The van der Waals surface area contributed by atoms with Gasteiger partial charge in [-0.05, 0) is 72.8 Å². The second kappa shape index (κ2) is 11.4. The Bertz CT molecular complexity index is 1280. The Hall–Kier alpha value is -3.82. The van der Waals surface area contributed by atoms with Gasteiger partial charge in [0.05, 0.1) is 19.1 Å². The van der Waals surface area contributed by atoms with E-state index in [0.29, 0.717) is 21.8 Å². The molecular weight excluding hydrogens is 474 g/mol. The Morgan fingerprint density at radius 3 is 2.68 bits per heavy atom. The van der Waals surface area contributed by atoms with E-state index in [1.54, 1.807) is 43.7 Å². The summed E-state index contributed by atoms with van der Waals surface area (Å²) < 4.78 is 12.3. The van der Waals surface area contributed by atoms with Crippen LogP contribution in [0, 0.1) is 0 Å². The minimum Gasteiger partial charge on any atom is -0.497 e. The molecule has 0 radical (unpaired) electrons. The lowest BCUT2D eigenvalue weighted by Crippen LogP contribution is -2.19. The summed E-state index contributed by atoms with van der Waals surface area (Å²) in [5, 5.41) is 13.8. The fourth-order valence-corrected chi connectivity index (χ4v) is 3.82. The van der Waals surface area contributed by atoms with Gasteiger partial charge in [-0.2, -0.15) is 5.10 Å². The summed E-state index contributed by atoms with van der Waals surface area (Å²) in [5.74, 6) is 1.90. The van der Waals surface area contributed by atoms with Gasteiger partial charge in [0.15, 0.2) is 11.0 Å². The molecule has 1 N–H and O–H groups in total. The van der Waals surface area contributed by atoms with Crippen molar-refractivity contribution in [3.8, 4) is 22.8 Å². The van der Waals surface area contributed by atoms with E-state index in [4.69, 9.17) is 20.8 Å². The molecule has 0 unspecified atom stereocenters. The molecule has 1 amide bonds. The maximum Gasteiger partial charge on any atom is 0.250 e. The number of amides is 1. The molecule has 0 atom stereocenters. The lowest BCUT2D eigenvalue weighted by atomic mass is 10.2. The van der Waals surface area contributed by atoms with Gasteiger partial charge in [0.1, 0.15) is 11.5 Å². The summed E-state index contributed by atoms with van der Waals surface area (Å²) in [4.78, 5) is 12.3. The van der Waals surface area contributed by atoms with Gasteiger partial charge in [-0.3, -0.25) is 9.36 Å². The zero-order valence-electron chi connectivity index (χ0n) is 18.1. The van der Waals surface area contributed by atoms with Crippen LogP contribution in [-0.2, 0) is 4.79 Å². The maximum absolute atomic E-state index is 12.3. The van der Waals surface area contributed by atoms with Gasteiger partial charge in [0, 0.05) is 22.5 Å². The number of thioether (sulfide) groups is 1. The number of nitrogens with one attached hydrogen (secondary N) is 1. The number of carbonyl (C=O) groups excluding carboxylic acids is 1. The molecule has 0 aliphatic carbocycles. The van der Waals surface area contributed by atoms with Crippen LogP contribution < -0.4 is 10.2 Å². The van der Waals surface area contributed by atoms with E-state index >= 15 is 0 Å². The summed E-state index contributed by atoms with van der Waals surface area (Å²) >= 11 is 7.32. The summed E-state index contributed by atoms with van der Waals surface area (Å²) in [5.41, 5.74) is 4.17. The predicted molar refractivity (Wildman–Crippen MR) is 133 cm³/mol. The first-order chi connectivity index (χ1) is 16.6. The predicted octanol–water partition coefficient (Wildman–Crippen LogP) is 5.10. The molecule has 0 saturated carbocycles. The largest absolute Gasteiger partial charge is 0.497 e. The van der Waals surface area contributed by atoms with E-state index in [1.165, 1.54) is 18.0 Å². The van der Waals surface area contributed by atoms with Gasteiger partial charge in [-0.1, -0.05) is 23.4 Å². The van der Waals surface area contributed by atoms with E-state index in [2.05, 4.69) is 20.7 Å². The molecule has 2 aromatic heterocycles. The molecule has 8 nitrogen and oxygen atoms in total. The van der Waals surface area contributed by atoms with Crippen molar-refractivity contribution >= 4 is 41.6 Å². The fourth-order valence-electron chi connectivity index (χ4n) is 2.95. The zero-order chi connectivity index (χ0) is 23.8. The Morgan fingerprint density at radius 2 is 1.97 bits per heavy atom. The average molecular weight is 494 g/mol. The lowest BCUT2D eigenvalue weighted by Gasteiger charge is -2.11. The molecule has 0 spiro atoms. The number of halogens is 1. The van der Waals surface area contributed by atoms with Crippen molar-refractivity contribution in [3.63, 3.8) is 0 Å². The monoisotopic (exact) mass is 493 g/mol. The molecule has 2 heterocycles. The summed E-state index contributed by atoms with van der Waals surface area (Å²) in [6.45, 7) is 0. The Kier molecular flexibility index (Phi) is 7.79. The molecule has 2 aromatic carbocycles. The second-order valence-corrected chi connectivity index (χ2v) is 8.20. The van der Waals surface area contributed by atoms with Gasteiger partial charge in [-0.15, -0.1) is 10.2 Å². The van der Waals surface area contributed by atoms with Crippen LogP contribution in [0.2, 0.25) is 5.02 Å². The molecule has 4 aromatic rings. The first kappa shape index (κ1) is 23.3. The molecule has 0 aliphatic rings. The molecule has 0 saturated heterocycles. The molecule has 172 valence electrons. The van der Waals surface area contributed by atoms with Crippen LogP contribution in [0.25, 0.3) is 23.2 Å². The third-order valence-corrected chi connectivity index (χ3v) is 5.73. The summed E-state index contributed by atoms with van der Waals surface area (Å²) in [6.07, 6.45) is 6.46. The van der Waals surface area contributed by atoms with E-state index in [1.807, 2.05) is 47.0 Å². The highest BCUT2D eigenvalue weighted by Crippen LogP contribution is 2.29. The van der Waals surface area contributed by atoms with Crippen molar-refractivity contribution in [3.05, 3.63) is 83.8 Å². The van der Waals surface area contributed by atoms with Crippen LogP contribution in [0.4, 0.5) is 0 Å². The van der Waals surface area contributed by atoms with Crippen molar-refractivity contribution in [2.75, 3.05) is 12.9 Å². The molecular formula is C24H20ClN5O3S. The van der Waals surface area contributed by atoms with Gasteiger partial charge in [0.25, 0.3) is 5.91 Å². The number of benzene rings is 2. The number of ether oxygens (including phenoxy) is 1. The standard InChI is InChI=1S/C24H20ClN5O3S/c1-32-20-12-6-17(7-13-20)23-28-29-24(30(23)19-10-8-18(25)9-11-19)34-16-22(31)27-26-14-2-4-21-5-3-15-33-21/h2-15H,16H2,1H3,(H,27,31)/b4-2-,26-14+. The average Bonchev–Trinajstić information content (AvgIpc) is 3.53. The highest BCUT2D eigenvalue weighted by atomic mass is 35.5. The number of carbonyl (C=O) groups is 1. The van der Waals surface area contributed by atoms with Crippen LogP contribution in [0.5, 0.6) is 5.75 Å². The first-order valence-electron chi connectivity index (χ1n) is 10.1. The lowest BCUT2D eigenvalue weighted by molar-refractivity contribution is -0.118. The van der Waals surface area contributed by atoms with E-state index in [-0.39, 0.29) is 11.7 Å². The Labute approximate surface area is 205 Å².